The first-order valence-corrected chi connectivity index (χ1v) is 2.84. The van der Waals surface area contributed by atoms with Crippen molar-refractivity contribution in [3.8, 4) is 0 Å². The maximum atomic E-state index is 4.99. The van der Waals surface area contributed by atoms with Crippen LogP contribution in [0.25, 0.3) is 0 Å². The van der Waals surface area contributed by atoms with Gasteiger partial charge in [-0.15, -0.1) is 5.10 Å². The van der Waals surface area contributed by atoms with Crippen molar-refractivity contribution in [2.75, 3.05) is 6.61 Å². The molecule has 0 amide bonds. The normalized spacial score (nSPS) is 24.3. The molecule has 0 N–H and O–H groups in total. The predicted octanol–water partition coefficient (Wildman–Crippen LogP) is -0.114. The van der Waals surface area contributed by atoms with Gasteiger partial charge >= 0.3 is 0 Å². The van der Waals surface area contributed by atoms with E-state index in [0.29, 0.717) is 0 Å². The van der Waals surface area contributed by atoms with Crippen molar-refractivity contribution in [3.05, 3.63) is 11.9 Å². The van der Waals surface area contributed by atoms with Crippen LogP contribution >= 0.6 is 0 Å². The van der Waals surface area contributed by atoms with E-state index in [1.807, 2.05) is 13.2 Å². The average molecular weight is 125 g/mol. The van der Waals surface area contributed by atoms with Crippen LogP contribution in [0.3, 0.4) is 0 Å². The molecule has 0 bridgehead atoms. The number of aromatic nitrogens is 3. The molecule has 0 spiro atoms. The van der Waals surface area contributed by atoms with E-state index < -0.39 is 0 Å². The van der Waals surface area contributed by atoms with Gasteiger partial charge in [0.1, 0.15) is 11.8 Å². The van der Waals surface area contributed by atoms with E-state index in [-0.39, 0.29) is 6.10 Å². The summed E-state index contributed by atoms with van der Waals surface area (Å²) >= 11 is 0. The lowest BCUT2D eigenvalue weighted by atomic mass is 10.4. The van der Waals surface area contributed by atoms with E-state index >= 15 is 0 Å². The highest BCUT2D eigenvalue weighted by Crippen LogP contribution is 2.26. The van der Waals surface area contributed by atoms with Gasteiger partial charge < -0.3 is 4.74 Å². The lowest BCUT2D eigenvalue weighted by molar-refractivity contribution is 0.411. The summed E-state index contributed by atoms with van der Waals surface area (Å²) < 4.78 is 6.67. The van der Waals surface area contributed by atoms with Crippen LogP contribution in [0.5, 0.6) is 0 Å². The highest BCUT2D eigenvalue weighted by atomic mass is 16.6. The Bertz CT molecular complexity index is 216. The van der Waals surface area contributed by atoms with E-state index in [0.717, 1.165) is 12.3 Å². The SMILES string of the molecule is Cn1cc([C@H]2CO2)nn1. The molecule has 1 atom stereocenters. The van der Waals surface area contributed by atoms with Crippen molar-refractivity contribution in [1.29, 1.82) is 0 Å². The summed E-state index contributed by atoms with van der Waals surface area (Å²) in [6.45, 7) is 0.804. The third-order valence-corrected chi connectivity index (χ3v) is 1.28. The number of ether oxygens (including phenoxy) is 1. The standard InChI is InChI=1S/C5H7N3O/c1-8-2-4(6-7-8)5-3-9-5/h2,5H,3H2,1H3/t5-/m1/s1. The van der Waals surface area contributed by atoms with Crippen LogP contribution in [0.4, 0.5) is 0 Å². The minimum absolute atomic E-state index is 0.235. The molecule has 4 heteroatoms. The van der Waals surface area contributed by atoms with Crippen LogP contribution in [-0.4, -0.2) is 21.6 Å². The zero-order chi connectivity index (χ0) is 6.27. The summed E-state index contributed by atoms with van der Waals surface area (Å²) in [4.78, 5) is 0. The van der Waals surface area contributed by atoms with Gasteiger partial charge in [-0.3, -0.25) is 4.68 Å². The molecule has 0 radical (unpaired) electrons. The molecule has 1 aromatic heterocycles. The molecule has 1 aliphatic heterocycles. The molecule has 9 heavy (non-hydrogen) atoms. The van der Waals surface area contributed by atoms with Crippen LogP contribution < -0.4 is 0 Å². The van der Waals surface area contributed by atoms with Gasteiger partial charge in [0.05, 0.1) is 12.8 Å². The van der Waals surface area contributed by atoms with Gasteiger partial charge in [0.15, 0.2) is 0 Å². The fraction of sp³-hybridized carbons (Fsp3) is 0.600. The lowest BCUT2D eigenvalue weighted by Gasteiger charge is -1.78. The topological polar surface area (TPSA) is 43.2 Å². The first kappa shape index (κ1) is 4.93. The van der Waals surface area contributed by atoms with Crippen molar-refractivity contribution in [1.82, 2.24) is 15.0 Å². The lowest BCUT2D eigenvalue weighted by Crippen LogP contribution is -1.85. The summed E-state index contributed by atoms with van der Waals surface area (Å²) in [6, 6.07) is 0. The summed E-state index contributed by atoms with van der Waals surface area (Å²) in [5.74, 6) is 0. The van der Waals surface area contributed by atoms with Crippen LogP contribution in [0.1, 0.15) is 11.8 Å². The minimum atomic E-state index is 0.235. The zero-order valence-corrected chi connectivity index (χ0v) is 5.11. The molecule has 4 nitrogen and oxygen atoms in total. The number of rotatable bonds is 1. The Kier molecular flexibility index (Phi) is 0.843. The van der Waals surface area contributed by atoms with Crippen molar-refractivity contribution >= 4 is 0 Å². The highest BCUT2D eigenvalue weighted by molar-refractivity contribution is 5.02. The fourth-order valence-corrected chi connectivity index (χ4v) is 0.732. The third kappa shape index (κ3) is 0.810. The molecule has 48 valence electrons. The van der Waals surface area contributed by atoms with Gasteiger partial charge in [-0.05, 0) is 0 Å². The highest BCUT2D eigenvalue weighted by Gasteiger charge is 2.27. The van der Waals surface area contributed by atoms with Crippen LogP contribution in [-0.2, 0) is 11.8 Å². The Labute approximate surface area is 52.4 Å². The first-order valence-electron chi connectivity index (χ1n) is 2.84. The first-order chi connectivity index (χ1) is 4.36. The Morgan fingerprint density at radius 2 is 2.67 bits per heavy atom. The maximum absolute atomic E-state index is 4.99. The summed E-state index contributed by atoms with van der Waals surface area (Å²) in [5.41, 5.74) is 0.942. The number of hydrogen-bond acceptors (Lipinski definition) is 3. The zero-order valence-electron chi connectivity index (χ0n) is 5.11. The van der Waals surface area contributed by atoms with Crippen LogP contribution in [0.15, 0.2) is 6.20 Å². The van der Waals surface area contributed by atoms with Gasteiger partial charge in [0.2, 0.25) is 0 Å². The second-order valence-corrected chi connectivity index (χ2v) is 2.14. The van der Waals surface area contributed by atoms with Crippen LogP contribution in [0.2, 0.25) is 0 Å². The Morgan fingerprint density at radius 3 is 3.11 bits per heavy atom. The molecule has 2 heterocycles. The molecular formula is C5H7N3O. The minimum Gasteiger partial charge on any atom is -0.366 e. The Morgan fingerprint density at radius 1 is 1.89 bits per heavy atom. The molecule has 0 saturated carbocycles. The second kappa shape index (κ2) is 1.54. The molecule has 0 unspecified atom stereocenters. The molecule has 2 rings (SSSR count). The quantitative estimate of drug-likeness (QED) is 0.492. The van der Waals surface area contributed by atoms with E-state index in [9.17, 15) is 0 Å². The maximum Gasteiger partial charge on any atom is 0.126 e. The van der Waals surface area contributed by atoms with E-state index in [1.54, 1.807) is 4.68 Å². The van der Waals surface area contributed by atoms with E-state index in [4.69, 9.17) is 4.74 Å². The van der Waals surface area contributed by atoms with Gasteiger partial charge in [0, 0.05) is 7.05 Å². The van der Waals surface area contributed by atoms with Gasteiger partial charge in [-0.2, -0.15) is 0 Å². The van der Waals surface area contributed by atoms with Crippen LogP contribution in [0, 0.1) is 0 Å². The van der Waals surface area contributed by atoms with Crippen molar-refractivity contribution in [3.63, 3.8) is 0 Å². The number of epoxide rings is 1. The Balaban J connectivity index is 2.28. The number of nitrogens with zero attached hydrogens (tertiary/aromatic N) is 3. The average Bonchev–Trinajstić information content (AvgIpc) is 2.58. The molecular weight excluding hydrogens is 118 g/mol. The summed E-state index contributed by atoms with van der Waals surface area (Å²) in [7, 11) is 1.85. The number of aryl methyl sites for hydroxylation is 1. The third-order valence-electron chi connectivity index (χ3n) is 1.28. The summed E-state index contributed by atoms with van der Waals surface area (Å²) in [6.07, 6.45) is 2.11. The molecule has 1 fully saturated rings. The summed E-state index contributed by atoms with van der Waals surface area (Å²) in [5, 5.41) is 7.63. The monoisotopic (exact) mass is 125 g/mol. The smallest absolute Gasteiger partial charge is 0.126 e. The predicted molar refractivity (Wildman–Crippen MR) is 29.7 cm³/mol. The fourth-order valence-electron chi connectivity index (χ4n) is 0.732. The van der Waals surface area contributed by atoms with Gasteiger partial charge in [-0.1, -0.05) is 5.21 Å². The van der Waals surface area contributed by atoms with E-state index in [1.165, 1.54) is 0 Å². The molecule has 0 aromatic carbocycles. The molecule has 0 aliphatic carbocycles. The van der Waals surface area contributed by atoms with Crippen molar-refractivity contribution in [2.24, 2.45) is 7.05 Å². The number of hydrogen-bond donors (Lipinski definition) is 0. The second-order valence-electron chi connectivity index (χ2n) is 2.14. The van der Waals surface area contributed by atoms with Crippen molar-refractivity contribution < 1.29 is 4.74 Å². The van der Waals surface area contributed by atoms with Crippen molar-refractivity contribution in [2.45, 2.75) is 6.10 Å². The Hall–Kier alpha value is -0.900. The largest absolute Gasteiger partial charge is 0.366 e. The van der Waals surface area contributed by atoms with Gasteiger partial charge in [0.25, 0.3) is 0 Å². The van der Waals surface area contributed by atoms with E-state index in [2.05, 4.69) is 10.3 Å². The molecule has 1 aliphatic rings. The molecule has 1 saturated heterocycles. The van der Waals surface area contributed by atoms with Gasteiger partial charge in [-0.25, -0.2) is 0 Å². The molecule has 1 aromatic rings.